The first-order valence-electron chi connectivity index (χ1n) is 3.38. The van der Waals surface area contributed by atoms with E-state index in [1.807, 2.05) is 6.92 Å². The van der Waals surface area contributed by atoms with Crippen molar-refractivity contribution in [2.45, 2.75) is 32.6 Å². The third kappa shape index (κ3) is 5.83. The van der Waals surface area contributed by atoms with Gasteiger partial charge in [0.1, 0.15) is 8.07 Å². The maximum absolute atomic E-state index is 8.39. The zero-order chi connectivity index (χ0) is 8.20. The van der Waals surface area contributed by atoms with E-state index in [1.165, 1.54) is 0 Å². The van der Waals surface area contributed by atoms with Crippen molar-refractivity contribution in [1.82, 2.24) is 5.48 Å². The Labute approximate surface area is 63.6 Å². The molecule has 0 saturated carbocycles. The molecule has 0 aliphatic rings. The Bertz CT molecular complexity index is 151. The Kier molecular flexibility index (Phi) is 3.65. The van der Waals surface area contributed by atoms with Gasteiger partial charge < -0.3 is 5.21 Å². The number of nitrogens with one attached hydrogen (secondary N) is 1. The van der Waals surface area contributed by atoms with Crippen molar-refractivity contribution in [1.29, 1.82) is 0 Å². The number of rotatable bonds is 1. The molecule has 58 valence electrons. The lowest BCUT2D eigenvalue weighted by Crippen LogP contribution is -2.22. The summed E-state index contributed by atoms with van der Waals surface area (Å²) < 4.78 is 0. The summed E-state index contributed by atoms with van der Waals surface area (Å²) in [6.07, 6.45) is 0. The fourth-order valence-electron chi connectivity index (χ4n) is 0.357. The molecule has 2 N–H and O–H groups in total. The minimum atomic E-state index is -1.25. The van der Waals surface area contributed by atoms with Crippen LogP contribution in [0, 0.1) is 11.5 Å². The van der Waals surface area contributed by atoms with Gasteiger partial charge in [-0.2, -0.15) is 5.48 Å². The largest absolute Gasteiger partial charge is 0.316 e. The lowest BCUT2D eigenvalue weighted by Gasteiger charge is -2.05. The molecule has 0 aromatic rings. The van der Waals surface area contributed by atoms with Crippen molar-refractivity contribution in [3.05, 3.63) is 0 Å². The fourth-order valence-corrected chi connectivity index (χ4v) is 1.01. The average Bonchev–Trinajstić information content (AvgIpc) is 1.81. The van der Waals surface area contributed by atoms with E-state index in [0.717, 1.165) is 0 Å². The smallest absolute Gasteiger partial charge is 0.129 e. The molecular formula is C7H15NOSi. The first-order chi connectivity index (χ1) is 4.45. The van der Waals surface area contributed by atoms with E-state index in [1.54, 1.807) is 0 Å². The molecule has 1 unspecified atom stereocenters. The third-order valence-corrected chi connectivity index (χ3v) is 1.75. The van der Waals surface area contributed by atoms with Crippen LogP contribution < -0.4 is 5.48 Å². The Morgan fingerprint density at radius 1 is 1.40 bits per heavy atom. The zero-order valence-corrected chi connectivity index (χ0v) is 8.02. The summed E-state index contributed by atoms with van der Waals surface area (Å²) in [7, 11) is -1.25. The van der Waals surface area contributed by atoms with Gasteiger partial charge in [0.05, 0.1) is 6.04 Å². The van der Waals surface area contributed by atoms with Crippen LogP contribution in [0.25, 0.3) is 0 Å². The summed E-state index contributed by atoms with van der Waals surface area (Å²) in [6.45, 7) is 8.34. The van der Waals surface area contributed by atoms with E-state index in [4.69, 9.17) is 5.21 Å². The molecule has 0 bridgehead atoms. The molecule has 0 spiro atoms. The van der Waals surface area contributed by atoms with Crippen LogP contribution in [0.5, 0.6) is 0 Å². The molecular weight excluding hydrogens is 142 g/mol. The van der Waals surface area contributed by atoms with Crippen LogP contribution in [0.4, 0.5) is 0 Å². The van der Waals surface area contributed by atoms with Gasteiger partial charge in [-0.15, -0.1) is 5.54 Å². The molecule has 0 rings (SSSR count). The van der Waals surface area contributed by atoms with Crippen LogP contribution in [0.2, 0.25) is 19.6 Å². The zero-order valence-electron chi connectivity index (χ0n) is 7.02. The summed E-state index contributed by atoms with van der Waals surface area (Å²) in [5.74, 6) is 2.92. The van der Waals surface area contributed by atoms with Crippen LogP contribution in [-0.4, -0.2) is 19.3 Å². The van der Waals surface area contributed by atoms with Crippen molar-refractivity contribution in [3.8, 4) is 11.5 Å². The molecule has 0 aromatic carbocycles. The molecule has 0 fully saturated rings. The lowest BCUT2D eigenvalue weighted by molar-refractivity contribution is 0.152. The maximum Gasteiger partial charge on any atom is 0.129 e. The molecule has 0 aromatic heterocycles. The second-order valence-corrected chi connectivity index (χ2v) is 8.12. The monoisotopic (exact) mass is 157 g/mol. The molecule has 1 atom stereocenters. The van der Waals surface area contributed by atoms with Gasteiger partial charge in [0, 0.05) is 0 Å². The first-order valence-corrected chi connectivity index (χ1v) is 6.88. The molecule has 10 heavy (non-hydrogen) atoms. The summed E-state index contributed by atoms with van der Waals surface area (Å²) in [5.41, 5.74) is 5.23. The van der Waals surface area contributed by atoms with Gasteiger partial charge in [0.15, 0.2) is 0 Å². The van der Waals surface area contributed by atoms with Gasteiger partial charge in [-0.25, -0.2) is 0 Å². The van der Waals surface area contributed by atoms with E-state index in [9.17, 15) is 0 Å². The molecule has 0 radical (unpaired) electrons. The highest BCUT2D eigenvalue weighted by atomic mass is 28.3. The average molecular weight is 157 g/mol. The summed E-state index contributed by atoms with van der Waals surface area (Å²) in [4.78, 5) is 0. The Morgan fingerprint density at radius 3 is 2.20 bits per heavy atom. The third-order valence-electron chi connectivity index (χ3n) is 0.857. The Balaban J connectivity index is 3.91. The standard InChI is InChI=1S/C7H15NOSi/c1-7(8-9)5-6-10(2,3)4/h7-9H,1-4H3. The highest BCUT2D eigenvalue weighted by molar-refractivity contribution is 6.83. The van der Waals surface area contributed by atoms with Gasteiger partial charge in [-0.3, -0.25) is 0 Å². The Hall–Kier alpha value is -0.303. The lowest BCUT2D eigenvalue weighted by atomic mass is 10.4. The molecule has 2 nitrogen and oxygen atoms in total. The number of hydrogen-bond donors (Lipinski definition) is 2. The first kappa shape index (κ1) is 9.70. The van der Waals surface area contributed by atoms with Gasteiger partial charge in [-0.1, -0.05) is 25.6 Å². The van der Waals surface area contributed by atoms with Crippen molar-refractivity contribution >= 4 is 8.07 Å². The summed E-state index contributed by atoms with van der Waals surface area (Å²) >= 11 is 0. The minimum Gasteiger partial charge on any atom is -0.316 e. The summed E-state index contributed by atoms with van der Waals surface area (Å²) in [5, 5.41) is 8.39. The van der Waals surface area contributed by atoms with E-state index in [-0.39, 0.29) is 6.04 Å². The van der Waals surface area contributed by atoms with Crippen LogP contribution in [-0.2, 0) is 0 Å². The molecule has 0 aliphatic carbocycles. The van der Waals surface area contributed by atoms with Crippen molar-refractivity contribution < 1.29 is 5.21 Å². The van der Waals surface area contributed by atoms with Crippen molar-refractivity contribution in [2.75, 3.05) is 0 Å². The van der Waals surface area contributed by atoms with E-state index in [0.29, 0.717) is 0 Å². The highest BCUT2D eigenvalue weighted by Crippen LogP contribution is 1.96. The van der Waals surface area contributed by atoms with Crippen molar-refractivity contribution in [2.24, 2.45) is 0 Å². The number of hydrogen-bond acceptors (Lipinski definition) is 2. The number of hydroxylamine groups is 1. The van der Waals surface area contributed by atoms with Crippen molar-refractivity contribution in [3.63, 3.8) is 0 Å². The predicted molar refractivity (Wildman–Crippen MR) is 45.5 cm³/mol. The quantitative estimate of drug-likeness (QED) is 0.341. The van der Waals surface area contributed by atoms with Crippen LogP contribution in [0.1, 0.15) is 6.92 Å². The topological polar surface area (TPSA) is 32.3 Å². The second kappa shape index (κ2) is 3.77. The van der Waals surface area contributed by atoms with Crippen LogP contribution in [0.15, 0.2) is 0 Å². The maximum atomic E-state index is 8.39. The van der Waals surface area contributed by atoms with E-state index >= 15 is 0 Å². The highest BCUT2D eigenvalue weighted by Gasteiger charge is 2.07. The normalized spacial score (nSPS) is 13.7. The SMILES string of the molecule is CC(C#C[Si](C)(C)C)NO. The molecule has 0 saturated heterocycles. The van der Waals surface area contributed by atoms with Gasteiger partial charge in [0.2, 0.25) is 0 Å². The second-order valence-electron chi connectivity index (χ2n) is 3.37. The Morgan fingerprint density at radius 2 is 1.90 bits per heavy atom. The minimum absolute atomic E-state index is 0.105. The van der Waals surface area contributed by atoms with E-state index < -0.39 is 8.07 Å². The van der Waals surface area contributed by atoms with Gasteiger partial charge in [0.25, 0.3) is 0 Å². The van der Waals surface area contributed by atoms with Gasteiger partial charge >= 0.3 is 0 Å². The molecule has 0 amide bonds. The van der Waals surface area contributed by atoms with Crippen LogP contribution >= 0.6 is 0 Å². The van der Waals surface area contributed by atoms with Crippen LogP contribution in [0.3, 0.4) is 0 Å². The molecule has 3 heteroatoms. The molecule has 0 heterocycles. The fraction of sp³-hybridized carbons (Fsp3) is 0.714. The van der Waals surface area contributed by atoms with Gasteiger partial charge in [-0.05, 0) is 6.92 Å². The van der Waals surface area contributed by atoms with E-state index in [2.05, 4.69) is 36.6 Å². The summed E-state index contributed by atoms with van der Waals surface area (Å²) in [6, 6.07) is -0.105. The predicted octanol–water partition coefficient (Wildman–Crippen LogP) is 1.23. The molecule has 0 aliphatic heterocycles.